The zero-order valence-corrected chi connectivity index (χ0v) is 8.80. The van der Waals surface area contributed by atoms with Crippen molar-refractivity contribution in [1.82, 2.24) is 0 Å². The molecule has 0 aromatic carbocycles. The van der Waals surface area contributed by atoms with Gasteiger partial charge in [-0.25, -0.2) is 0 Å². The molecule has 0 aliphatic heterocycles. The number of hydrogen-bond donors (Lipinski definition) is 0. The van der Waals surface area contributed by atoms with E-state index in [9.17, 15) is 0 Å². The number of ether oxygens (including phenoxy) is 2. The third kappa shape index (κ3) is 4.07. The molecule has 0 saturated heterocycles. The van der Waals surface area contributed by atoms with E-state index in [0.717, 1.165) is 6.42 Å². The first kappa shape index (κ1) is 11.9. The van der Waals surface area contributed by atoms with Crippen LogP contribution in [0, 0.1) is 5.92 Å². The van der Waals surface area contributed by atoms with Crippen LogP contribution in [0.15, 0.2) is 0 Å². The molecule has 0 bridgehead atoms. The zero-order valence-electron chi connectivity index (χ0n) is 8.80. The van der Waals surface area contributed by atoms with E-state index in [2.05, 4.69) is 13.8 Å². The second-order valence-electron chi connectivity index (χ2n) is 3.15. The lowest BCUT2D eigenvalue weighted by Gasteiger charge is -2.23. The molecule has 0 spiro atoms. The van der Waals surface area contributed by atoms with Gasteiger partial charge in [0.05, 0.1) is 0 Å². The van der Waals surface area contributed by atoms with E-state index in [1.54, 1.807) is 14.2 Å². The van der Waals surface area contributed by atoms with Gasteiger partial charge in [-0.1, -0.05) is 26.7 Å². The van der Waals surface area contributed by atoms with Gasteiger partial charge in [0.15, 0.2) is 6.29 Å². The summed E-state index contributed by atoms with van der Waals surface area (Å²) < 4.78 is 10.5. The summed E-state index contributed by atoms with van der Waals surface area (Å²) in [7, 11) is 3.42. The summed E-state index contributed by atoms with van der Waals surface area (Å²) in [6.07, 6.45) is 4.84. The molecule has 74 valence electrons. The van der Waals surface area contributed by atoms with E-state index in [1.807, 2.05) is 0 Å². The molecule has 2 heteroatoms. The van der Waals surface area contributed by atoms with Gasteiger partial charge in [-0.2, -0.15) is 0 Å². The molecule has 0 radical (unpaired) electrons. The minimum absolute atomic E-state index is 0.0125. The maximum atomic E-state index is 5.23. The van der Waals surface area contributed by atoms with E-state index in [1.165, 1.54) is 19.3 Å². The lowest BCUT2D eigenvalue weighted by molar-refractivity contribution is -0.139. The summed E-state index contributed by atoms with van der Waals surface area (Å²) >= 11 is 0. The third-order valence-electron chi connectivity index (χ3n) is 2.30. The average molecular weight is 174 g/mol. The molecule has 0 N–H and O–H groups in total. The molecule has 0 aliphatic rings. The molecule has 1 atom stereocenters. The van der Waals surface area contributed by atoms with Gasteiger partial charge in [0, 0.05) is 20.1 Å². The van der Waals surface area contributed by atoms with Crippen molar-refractivity contribution in [1.29, 1.82) is 0 Å². The smallest absolute Gasteiger partial charge is 0.159 e. The molecule has 0 aliphatic carbocycles. The standard InChI is InChI=1S/C10H22O2/c1-5-7-8-9(6-2)10(11-3)12-4/h9-10H,5-8H2,1-4H3/t9-/m1/s1. The lowest BCUT2D eigenvalue weighted by atomic mass is 9.99. The quantitative estimate of drug-likeness (QED) is 0.552. The summed E-state index contributed by atoms with van der Waals surface area (Å²) in [4.78, 5) is 0. The Balaban J connectivity index is 3.75. The Hall–Kier alpha value is -0.0800. The highest BCUT2D eigenvalue weighted by atomic mass is 16.7. The van der Waals surface area contributed by atoms with Gasteiger partial charge in [-0.05, 0) is 12.8 Å². The van der Waals surface area contributed by atoms with Crippen LogP contribution in [0.25, 0.3) is 0 Å². The minimum Gasteiger partial charge on any atom is -0.356 e. The lowest BCUT2D eigenvalue weighted by Crippen LogP contribution is -2.24. The van der Waals surface area contributed by atoms with Crippen LogP contribution < -0.4 is 0 Å². The predicted octanol–water partition coefficient (Wildman–Crippen LogP) is 2.82. The maximum Gasteiger partial charge on any atom is 0.159 e. The van der Waals surface area contributed by atoms with Crippen LogP contribution in [0.5, 0.6) is 0 Å². The van der Waals surface area contributed by atoms with Crippen molar-refractivity contribution in [2.24, 2.45) is 5.92 Å². The monoisotopic (exact) mass is 174 g/mol. The van der Waals surface area contributed by atoms with Gasteiger partial charge in [-0.15, -0.1) is 0 Å². The van der Waals surface area contributed by atoms with E-state index in [0.29, 0.717) is 5.92 Å². The van der Waals surface area contributed by atoms with Crippen molar-refractivity contribution in [3.05, 3.63) is 0 Å². The molecule has 0 rings (SSSR count). The van der Waals surface area contributed by atoms with Crippen LogP contribution in [0.3, 0.4) is 0 Å². The first-order chi connectivity index (χ1) is 5.79. The SMILES string of the molecule is CCCC[C@@H](CC)C(OC)OC. The Labute approximate surface area is 76.3 Å². The number of rotatable bonds is 7. The Morgan fingerprint density at radius 1 is 1.08 bits per heavy atom. The highest BCUT2D eigenvalue weighted by Crippen LogP contribution is 2.19. The van der Waals surface area contributed by atoms with E-state index in [4.69, 9.17) is 9.47 Å². The molecule has 0 aromatic heterocycles. The average Bonchev–Trinajstić information content (AvgIpc) is 2.12. The van der Waals surface area contributed by atoms with Gasteiger partial charge in [0.1, 0.15) is 0 Å². The molecular formula is C10H22O2. The minimum atomic E-state index is -0.0125. The normalized spacial score (nSPS) is 13.8. The Morgan fingerprint density at radius 3 is 2.00 bits per heavy atom. The van der Waals surface area contributed by atoms with Gasteiger partial charge in [-0.3, -0.25) is 0 Å². The second-order valence-corrected chi connectivity index (χ2v) is 3.15. The fourth-order valence-electron chi connectivity index (χ4n) is 1.48. The summed E-state index contributed by atoms with van der Waals surface area (Å²) in [6.45, 7) is 4.40. The molecular weight excluding hydrogens is 152 g/mol. The maximum absolute atomic E-state index is 5.23. The Kier molecular flexibility index (Phi) is 7.51. The highest BCUT2D eigenvalue weighted by molar-refractivity contribution is 4.60. The van der Waals surface area contributed by atoms with Gasteiger partial charge >= 0.3 is 0 Å². The highest BCUT2D eigenvalue weighted by Gasteiger charge is 2.17. The van der Waals surface area contributed by atoms with Crippen molar-refractivity contribution in [2.45, 2.75) is 45.8 Å². The van der Waals surface area contributed by atoms with Crippen LogP contribution in [0.4, 0.5) is 0 Å². The number of methoxy groups -OCH3 is 2. The van der Waals surface area contributed by atoms with E-state index >= 15 is 0 Å². The van der Waals surface area contributed by atoms with Crippen molar-refractivity contribution >= 4 is 0 Å². The number of unbranched alkanes of at least 4 members (excludes halogenated alkanes) is 1. The van der Waals surface area contributed by atoms with Crippen LogP contribution in [0.1, 0.15) is 39.5 Å². The van der Waals surface area contributed by atoms with Crippen molar-refractivity contribution in [3.8, 4) is 0 Å². The zero-order chi connectivity index (χ0) is 9.40. The Bertz CT molecular complexity index is 89.8. The van der Waals surface area contributed by atoms with Crippen molar-refractivity contribution in [3.63, 3.8) is 0 Å². The van der Waals surface area contributed by atoms with Crippen LogP contribution in [-0.2, 0) is 9.47 Å². The van der Waals surface area contributed by atoms with Crippen molar-refractivity contribution in [2.75, 3.05) is 14.2 Å². The molecule has 0 aromatic rings. The van der Waals surface area contributed by atoms with Gasteiger partial charge in [0.25, 0.3) is 0 Å². The van der Waals surface area contributed by atoms with E-state index in [-0.39, 0.29) is 6.29 Å². The summed E-state index contributed by atoms with van der Waals surface area (Å²) in [6, 6.07) is 0. The topological polar surface area (TPSA) is 18.5 Å². The molecule has 0 unspecified atom stereocenters. The molecule has 0 fully saturated rings. The van der Waals surface area contributed by atoms with Crippen LogP contribution >= 0.6 is 0 Å². The van der Waals surface area contributed by atoms with Crippen LogP contribution in [0.2, 0.25) is 0 Å². The number of hydrogen-bond acceptors (Lipinski definition) is 2. The van der Waals surface area contributed by atoms with E-state index < -0.39 is 0 Å². The molecule has 2 nitrogen and oxygen atoms in total. The first-order valence-electron chi connectivity index (χ1n) is 4.85. The first-order valence-corrected chi connectivity index (χ1v) is 4.85. The second kappa shape index (κ2) is 7.56. The van der Waals surface area contributed by atoms with Gasteiger partial charge < -0.3 is 9.47 Å². The fraction of sp³-hybridized carbons (Fsp3) is 1.00. The van der Waals surface area contributed by atoms with Crippen molar-refractivity contribution < 1.29 is 9.47 Å². The van der Waals surface area contributed by atoms with Gasteiger partial charge in [0.2, 0.25) is 0 Å². The molecule has 0 heterocycles. The molecule has 12 heavy (non-hydrogen) atoms. The predicted molar refractivity (Wildman–Crippen MR) is 51.1 cm³/mol. The Morgan fingerprint density at radius 2 is 1.67 bits per heavy atom. The van der Waals surface area contributed by atoms with Crippen LogP contribution in [-0.4, -0.2) is 20.5 Å². The third-order valence-corrected chi connectivity index (χ3v) is 2.30. The molecule has 0 amide bonds. The fourth-order valence-corrected chi connectivity index (χ4v) is 1.48. The summed E-state index contributed by atoms with van der Waals surface area (Å²) in [5.74, 6) is 0.556. The largest absolute Gasteiger partial charge is 0.356 e. The summed E-state index contributed by atoms with van der Waals surface area (Å²) in [5.41, 5.74) is 0. The molecule has 0 saturated carbocycles. The summed E-state index contributed by atoms with van der Waals surface area (Å²) in [5, 5.41) is 0.